The molecular weight excluding hydrogens is 380 g/mol. The van der Waals surface area contributed by atoms with E-state index in [4.69, 9.17) is 18.9 Å². The van der Waals surface area contributed by atoms with E-state index in [0.717, 1.165) is 11.3 Å². The van der Waals surface area contributed by atoms with Crippen LogP contribution in [-0.4, -0.2) is 50.7 Å². The lowest BCUT2D eigenvalue weighted by Crippen LogP contribution is -2.34. The third-order valence-corrected chi connectivity index (χ3v) is 5.90. The van der Waals surface area contributed by atoms with Gasteiger partial charge in [-0.3, -0.25) is 0 Å². The normalized spacial score (nSPS) is 17.9. The number of ether oxygens (including phenoxy) is 4. The Morgan fingerprint density at radius 3 is 2.64 bits per heavy atom. The number of fused-ring (bicyclic) bond motifs is 1. The van der Waals surface area contributed by atoms with Gasteiger partial charge in [0, 0.05) is 24.1 Å². The van der Waals surface area contributed by atoms with Gasteiger partial charge in [-0.25, -0.2) is 4.79 Å². The third kappa shape index (κ3) is 3.64. The number of anilines is 1. The SMILES string of the molecule is COc1ccc(C2SCCN2C(=O)Nc2ccc3c(c2)OCCO3)cc1OC. The van der Waals surface area contributed by atoms with Crippen molar-refractivity contribution in [3.63, 3.8) is 0 Å². The van der Waals surface area contributed by atoms with Crippen molar-refractivity contribution in [2.24, 2.45) is 0 Å². The zero-order valence-corrected chi connectivity index (χ0v) is 16.6. The molecule has 2 aliphatic rings. The maximum atomic E-state index is 12.9. The Morgan fingerprint density at radius 1 is 1.07 bits per heavy atom. The summed E-state index contributed by atoms with van der Waals surface area (Å²) in [5, 5.41) is 2.88. The van der Waals surface area contributed by atoms with Crippen LogP contribution in [-0.2, 0) is 0 Å². The Hall–Kier alpha value is -2.74. The summed E-state index contributed by atoms with van der Waals surface area (Å²) in [6, 6.07) is 11.0. The fraction of sp³-hybridized carbons (Fsp3) is 0.350. The van der Waals surface area contributed by atoms with Crippen molar-refractivity contribution in [3.8, 4) is 23.0 Å². The fourth-order valence-corrected chi connectivity index (χ4v) is 4.52. The molecule has 2 amide bonds. The first kappa shape index (κ1) is 18.6. The van der Waals surface area contributed by atoms with Gasteiger partial charge in [-0.2, -0.15) is 0 Å². The van der Waals surface area contributed by atoms with E-state index in [-0.39, 0.29) is 11.4 Å². The number of carbonyl (C=O) groups excluding carboxylic acids is 1. The van der Waals surface area contributed by atoms with Gasteiger partial charge in [-0.15, -0.1) is 11.8 Å². The molecule has 0 aliphatic carbocycles. The number of nitrogens with zero attached hydrogens (tertiary/aromatic N) is 1. The topological polar surface area (TPSA) is 69.3 Å². The van der Waals surface area contributed by atoms with Crippen molar-refractivity contribution in [2.45, 2.75) is 5.37 Å². The van der Waals surface area contributed by atoms with E-state index >= 15 is 0 Å². The van der Waals surface area contributed by atoms with Crippen molar-refractivity contribution < 1.29 is 23.7 Å². The van der Waals surface area contributed by atoms with Gasteiger partial charge in [-0.1, -0.05) is 6.07 Å². The van der Waals surface area contributed by atoms with Gasteiger partial charge in [0.2, 0.25) is 0 Å². The van der Waals surface area contributed by atoms with Crippen molar-refractivity contribution in [1.29, 1.82) is 0 Å². The van der Waals surface area contributed by atoms with E-state index in [1.807, 2.05) is 35.2 Å². The second-order valence-electron chi connectivity index (χ2n) is 6.32. The lowest BCUT2D eigenvalue weighted by Gasteiger charge is -2.25. The van der Waals surface area contributed by atoms with Gasteiger partial charge in [0.05, 0.1) is 14.2 Å². The summed E-state index contributed by atoms with van der Waals surface area (Å²) in [6.45, 7) is 1.71. The van der Waals surface area contributed by atoms with E-state index in [2.05, 4.69) is 5.32 Å². The summed E-state index contributed by atoms with van der Waals surface area (Å²) in [4.78, 5) is 14.7. The lowest BCUT2D eigenvalue weighted by molar-refractivity contribution is 0.171. The molecular formula is C20H22N2O5S. The quantitative estimate of drug-likeness (QED) is 0.840. The highest BCUT2D eigenvalue weighted by molar-refractivity contribution is 7.99. The van der Waals surface area contributed by atoms with Crippen LogP contribution in [0.5, 0.6) is 23.0 Å². The number of hydrogen-bond donors (Lipinski definition) is 1. The highest BCUT2D eigenvalue weighted by atomic mass is 32.2. The first-order valence-corrected chi connectivity index (χ1v) is 10.1. The van der Waals surface area contributed by atoms with E-state index in [0.29, 0.717) is 48.4 Å². The summed E-state index contributed by atoms with van der Waals surface area (Å²) >= 11 is 1.72. The second-order valence-corrected chi connectivity index (χ2v) is 7.51. The van der Waals surface area contributed by atoms with Crippen LogP contribution in [0.15, 0.2) is 36.4 Å². The predicted octanol–water partition coefficient (Wildman–Crippen LogP) is 3.75. The van der Waals surface area contributed by atoms with Crippen LogP contribution in [0.25, 0.3) is 0 Å². The third-order valence-electron chi connectivity index (χ3n) is 4.64. The van der Waals surface area contributed by atoms with Gasteiger partial charge in [0.1, 0.15) is 18.6 Å². The number of carbonyl (C=O) groups is 1. The molecule has 0 bridgehead atoms. The molecule has 4 rings (SSSR count). The Labute approximate surface area is 167 Å². The molecule has 8 heteroatoms. The number of urea groups is 1. The molecule has 0 spiro atoms. The molecule has 2 aliphatic heterocycles. The number of amides is 2. The Morgan fingerprint density at radius 2 is 1.86 bits per heavy atom. The summed E-state index contributed by atoms with van der Waals surface area (Å²) < 4.78 is 21.8. The van der Waals surface area contributed by atoms with Crippen LogP contribution in [0, 0.1) is 0 Å². The van der Waals surface area contributed by atoms with Crippen LogP contribution in [0.1, 0.15) is 10.9 Å². The van der Waals surface area contributed by atoms with Crippen molar-refractivity contribution in [2.75, 3.05) is 45.0 Å². The molecule has 1 saturated heterocycles. The summed E-state index contributed by atoms with van der Waals surface area (Å²) in [5.41, 5.74) is 1.68. The molecule has 2 aromatic rings. The summed E-state index contributed by atoms with van der Waals surface area (Å²) in [5.74, 6) is 3.54. The molecule has 1 atom stereocenters. The minimum absolute atomic E-state index is 0.0861. The first-order valence-electron chi connectivity index (χ1n) is 9.00. The smallest absolute Gasteiger partial charge is 0.323 e. The van der Waals surface area contributed by atoms with E-state index in [9.17, 15) is 4.79 Å². The number of methoxy groups -OCH3 is 2. The number of benzene rings is 2. The zero-order chi connectivity index (χ0) is 19.5. The number of rotatable bonds is 4. The fourth-order valence-electron chi connectivity index (χ4n) is 3.28. The van der Waals surface area contributed by atoms with Gasteiger partial charge in [0.25, 0.3) is 0 Å². The van der Waals surface area contributed by atoms with Crippen LogP contribution >= 0.6 is 11.8 Å². The molecule has 1 N–H and O–H groups in total. The summed E-state index contributed by atoms with van der Waals surface area (Å²) in [6.07, 6.45) is 0. The first-order chi connectivity index (χ1) is 13.7. The maximum Gasteiger partial charge on any atom is 0.323 e. The molecule has 1 unspecified atom stereocenters. The van der Waals surface area contributed by atoms with E-state index in [1.165, 1.54) is 0 Å². The van der Waals surface area contributed by atoms with E-state index in [1.54, 1.807) is 32.0 Å². The van der Waals surface area contributed by atoms with Gasteiger partial charge in [-0.05, 0) is 29.8 Å². The number of hydrogen-bond acceptors (Lipinski definition) is 6. The molecule has 7 nitrogen and oxygen atoms in total. The number of thioether (sulfide) groups is 1. The van der Waals surface area contributed by atoms with Gasteiger partial charge in [0.15, 0.2) is 23.0 Å². The molecule has 28 heavy (non-hydrogen) atoms. The van der Waals surface area contributed by atoms with Crippen LogP contribution in [0.2, 0.25) is 0 Å². The average Bonchev–Trinajstić information content (AvgIpc) is 3.23. The average molecular weight is 402 g/mol. The highest BCUT2D eigenvalue weighted by Gasteiger charge is 2.31. The highest BCUT2D eigenvalue weighted by Crippen LogP contribution is 2.41. The van der Waals surface area contributed by atoms with Crippen LogP contribution < -0.4 is 24.3 Å². The van der Waals surface area contributed by atoms with Gasteiger partial charge < -0.3 is 29.2 Å². The Kier molecular flexibility index (Phi) is 5.38. The lowest BCUT2D eigenvalue weighted by atomic mass is 10.2. The Balaban J connectivity index is 1.51. The number of nitrogens with one attached hydrogen (secondary N) is 1. The van der Waals surface area contributed by atoms with Crippen molar-refractivity contribution in [1.82, 2.24) is 4.90 Å². The summed E-state index contributed by atoms with van der Waals surface area (Å²) in [7, 11) is 3.21. The minimum Gasteiger partial charge on any atom is -0.493 e. The Bertz CT molecular complexity index is 876. The molecule has 0 aromatic heterocycles. The van der Waals surface area contributed by atoms with Gasteiger partial charge >= 0.3 is 6.03 Å². The monoisotopic (exact) mass is 402 g/mol. The molecule has 0 radical (unpaired) electrons. The molecule has 148 valence electrons. The second kappa shape index (κ2) is 8.10. The standard InChI is InChI=1S/C20H22N2O5S/c1-24-15-5-3-13(11-17(15)25-2)19-22(7-10-28-19)20(23)21-14-4-6-16-18(12-14)27-9-8-26-16/h3-6,11-12,19H,7-10H2,1-2H3,(H,21,23). The maximum absolute atomic E-state index is 12.9. The van der Waals surface area contributed by atoms with Crippen molar-refractivity contribution >= 4 is 23.5 Å². The van der Waals surface area contributed by atoms with Crippen LogP contribution in [0.3, 0.4) is 0 Å². The van der Waals surface area contributed by atoms with Crippen LogP contribution in [0.4, 0.5) is 10.5 Å². The molecule has 0 saturated carbocycles. The van der Waals surface area contributed by atoms with Crippen molar-refractivity contribution in [3.05, 3.63) is 42.0 Å². The molecule has 2 heterocycles. The molecule has 1 fully saturated rings. The zero-order valence-electron chi connectivity index (χ0n) is 15.8. The molecule has 2 aromatic carbocycles. The predicted molar refractivity (Wildman–Crippen MR) is 108 cm³/mol. The van der Waals surface area contributed by atoms with E-state index < -0.39 is 0 Å². The minimum atomic E-state index is -0.151. The largest absolute Gasteiger partial charge is 0.493 e.